The second kappa shape index (κ2) is 6.30. The van der Waals surface area contributed by atoms with Gasteiger partial charge in [0.05, 0.1) is 0 Å². The first-order chi connectivity index (χ1) is 11.7. The third-order valence-corrected chi connectivity index (χ3v) is 4.82. The monoisotopic (exact) mass is 339 g/mol. The summed E-state index contributed by atoms with van der Waals surface area (Å²) in [4.78, 5) is 17.6. The number of piperazine rings is 1. The molecule has 1 aliphatic heterocycles. The molecular formula is C19H18ClN3O. The topological polar surface area (TPSA) is 48.1 Å². The molecule has 4 rings (SSSR count). The highest BCUT2D eigenvalue weighted by molar-refractivity contribution is 6.35. The third-order valence-electron chi connectivity index (χ3n) is 4.49. The zero-order valence-corrected chi connectivity index (χ0v) is 13.9. The smallest absolute Gasteiger partial charge is 0.256 e. The highest BCUT2D eigenvalue weighted by atomic mass is 35.5. The summed E-state index contributed by atoms with van der Waals surface area (Å²) in [5.41, 5.74) is 2.86. The van der Waals surface area contributed by atoms with Crippen molar-refractivity contribution < 1.29 is 0 Å². The lowest BCUT2D eigenvalue weighted by atomic mass is 10.1. The Kier molecular flexibility index (Phi) is 4.00. The molecule has 0 bridgehead atoms. The molecule has 2 aromatic carbocycles. The van der Waals surface area contributed by atoms with E-state index in [1.54, 1.807) is 18.2 Å². The van der Waals surface area contributed by atoms with Crippen LogP contribution in [0.4, 0.5) is 5.69 Å². The van der Waals surface area contributed by atoms with Crippen LogP contribution < -0.4 is 15.8 Å². The van der Waals surface area contributed by atoms with Gasteiger partial charge in [-0.15, -0.1) is 0 Å². The van der Waals surface area contributed by atoms with Crippen LogP contribution in [0.2, 0.25) is 5.02 Å². The molecule has 0 amide bonds. The van der Waals surface area contributed by atoms with E-state index >= 15 is 0 Å². The molecule has 4 nitrogen and oxygen atoms in total. The molecule has 0 radical (unpaired) electrons. The van der Waals surface area contributed by atoms with Gasteiger partial charge in [0.1, 0.15) is 0 Å². The number of H-pyrrole nitrogens is 1. The summed E-state index contributed by atoms with van der Waals surface area (Å²) in [7, 11) is 0. The van der Waals surface area contributed by atoms with E-state index in [-0.39, 0.29) is 5.56 Å². The Hall–Kier alpha value is -2.30. The normalized spacial score (nSPS) is 15.0. The number of benzene rings is 2. The predicted octanol–water partition coefficient (Wildman–Crippen LogP) is 3.26. The molecule has 0 saturated carbocycles. The molecule has 1 saturated heterocycles. The van der Waals surface area contributed by atoms with Crippen molar-refractivity contribution in [2.45, 2.75) is 0 Å². The van der Waals surface area contributed by atoms with Crippen molar-refractivity contribution in [3.63, 3.8) is 0 Å². The van der Waals surface area contributed by atoms with Crippen LogP contribution in [0.1, 0.15) is 0 Å². The SMILES string of the molecule is O=c1[nH]c(-c2ccc(N3CCNCC3)cc2)cc2c(Cl)cccc12. The van der Waals surface area contributed by atoms with Gasteiger partial charge in [-0.1, -0.05) is 29.8 Å². The maximum Gasteiger partial charge on any atom is 0.256 e. The van der Waals surface area contributed by atoms with Gasteiger partial charge < -0.3 is 15.2 Å². The first kappa shape index (κ1) is 15.2. The number of halogens is 1. The van der Waals surface area contributed by atoms with Crippen LogP contribution in [0.5, 0.6) is 0 Å². The molecule has 0 spiro atoms. The van der Waals surface area contributed by atoms with Crippen molar-refractivity contribution in [2.75, 3.05) is 31.1 Å². The number of aromatic nitrogens is 1. The van der Waals surface area contributed by atoms with Crippen LogP contribution in [0.15, 0.2) is 53.3 Å². The summed E-state index contributed by atoms with van der Waals surface area (Å²) in [6, 6.07) is 15.6. The lowest BCUT2D eigenvalue weighted by molar-refractivity contribution is 0.589. The average molecular weight is 340 g/mol. The van der Waals surface area contributed by atoms with Crippen LogP contribution in [0.3, 0.4) is 0 Å². The molecule has 24 heavy (non-hydrogen) atoms. The van der Waals surface area contributed by atoms with E-state index in [0.29, 0.717) is 10.4 Å². The molecule has 1 fully saturated rings. The standard InChI is InChI=1S/C19H18ClN3O/c20-17-3-1-2-15-16(17)12-18(22-19(15)24)13-4-6-14(7-5-13)23-10-8-21-9-11-23/h1-7,12,21H,8-11H2,(H,22,24). The first-order valence-electron chi connectivity index (χ1n) is 8.10. The summed E-state index contributed by atoms with van der Waals surface area (Å²) in [6.45, 7) is 4.06. The Morgan fingerprint density at radius 1 is 0.958 bits per heavy atom. The Morgan fingerprint density at radius 3 is 2.46 bits per heavy atom. The van der Waals surface area contributed by atoms with Crippen LogP contribution in [-0.2, 0) is 0 Å². The number of aromatic amines is 1. The zero-order valence-electron chi connectivity index (χ0n) is 13.2. The summed E-state index contributed by atoms with van der Waals surface area (Å²) < 4.78 is 0. The van der Waals surface area contributed by atoms with E-state index in [1.807, 2.05) is 18.2 Å². The van der Waals surface area contributed by atoms with Gasteiger partial charge in [0.2, 0.25) is 0 Å². The molecule has 0 aliphatic carbocycles. The number of fused-ring (bicyclic) bond motifs is 1. The zero-order chi connectivity index (χ0) is 16.5. The number of nitrogens with one attached hydrogen (secondary N) is 2. The minimum atomic E-state index is -0.115. The third kappa shape index (κ3) is 2.79. The summed E-state index contributed by atoms with van der Waals surface area (Å²) in [5.74, 6) is 0. The van der Waals surface area contributed by atoms with Crippen molar-refractivity contribution in [2.24, 2.45) is 0 Å². The minimum Gasteiger partial charge on any atom is -0.369 e. The molecule has 0 atom stereocenters. The Bertz CT molecular complexity index is 927. The van der Waals surface area contributed by atoms with Gasteiger partial charge in [-0.3, -0.25) is 4.79 Å². The van der Waals surface area contributed by atoms with Gasteiger partial charge in [-0.2, -0.15) is 0 Å². The van der Waals surface area contributed by atoms with Crippen LogP contribution in [0.25, 0.3) is 22.0 Å². The average Bonchev–Trinajstić information content (AvgIpc) is 2.63. The van der Waals surface area contributed by atoms with Crippen LogP contribution >= 0.6 is 11.6 Å². The van der Waals surface area contributed by atoms with Crippen LogP contribution in [0, 0.1) is 0 Å². The summed E-state index contributed by atoms with van der Waals surface area (Å²) >= 11 is 6.25. The van der Waals surface area contributed by atoms with Crippen molar-refractivity contribution in [3.05, 3.63) is 63.9 Å². The Morgan fingerprint density at radius 2 is 1.71 bits per heavy atom. The number of anilines is 1. The molecule has 5 heteroatoms. The number of nitrogens with zero attached hydrogens (tertiary/aromatic N) is 1. The van der Waals surface area contributed by atoms with E-state index in [9.17, 15) is 4.79 Å². The molecular weight excluding hydrogens is 322 g/mol. The fourth-order valence-electron chi connectivity index (χ4n) is 3.18. The van der Waals surface area contributed by atoms with Gasteiger partial charge in [0, 0.05) is 53.4 Å². The largest absolute Gasteiger partial charge is 0.369 e. The highest BCUT2D eigenvalue weighted by Gasteiger charge is 2.11. The molecule has 1 aromatic heterocycles. The maximum absolute atomic E-state index is 12.3. The fraction of sp³-hybridized carbons (Fsp3) is 0.211. The van der Waals surface area contributed by atoms with Crippen molar-refractivity contribution >= 4 is 28.1 Å². The maximum atomic E-state index is 12.3. The summed E-state index contributed by atoms with van der Waals surface area (Å²) in [6.07, 6.45) is 0. The van der Waals surface area contributed by atoms with E-state index in [2.05, 4.69) is 27.3 Å². The Labute approximate surface area is 145 Å². The van der Waals surface area contributed by atoms with Gasteiger partial charge in [0.15, 0.2) is 0 Å². The number of hydrogen-bond acceptors (Lipinski definition) is 3. The molecule has 3 aromatic rings. The van der Waals surface area contributed by atoms with E-state index < -0.39 is 0 Å². The minimum absolute atomic E-state index is 0.115. The van der Waals surface area contributed by atoms with Gasteiger partial charge in [-0.05, 0) is 35.9 Å². The second-order valence-corrected chi connectivity index (χ2v) is 6.40. The molecule has 0 unspecified atom stereocenters. The van der Waals surface area contributed by atoms with Gasteiger partial charge >= 0.3 is 0 Å². The van der Waals surface area contributed by atoms with E-state index in [0.717, 1.165) is 42.8 Å². The molecule has 2 heterocycles. The van der Waals surface area contributed by atoms with Gasteiger partial charge in [-0.25, -0.2) is 0 Å². The highest BCUT2D eigenvalue weighted by Crippen LogP contribution is 2.26. The van der Waals surface area contributed by atoms with Gasteiger partial charge in [0.25, 0.3) is 5.56 Å². The second-order valence-electron chi connectivity index (χ2n) is 6.00. The fourth-order valence-corrected chi connectivity index (χ4v) is 3.41. The van der Waals surface area contributed by atoms with Crippen LogP contribution in [-0.4, -0.2) is 31.2 Å². The van der Waals surface area contributed by atoms with E-state index in [1.165, 1.54) is 5.69 Å². The predicted molar refractivity (Wildman–Crippen MR) is 100 cm³/mol. The number of pyridine rings is 1. The first-order valence-corrected chi connectivity index (χ1v) is 8.48. The molecule has 1 aliphatic rings. The lowest BCUT2D eigenvalue weighted by Crippen LogP contribution is -2.43. The van der Waals surface area contributed by atoms with Crippen molar-refractivity contribution in [1.29, 1.82) is 0 Å². The van der Waals surface area contributed by atoms with Crippen molar-refractivity contribution in [3.8, 4) is 11.3 Å². The number of rotatable bonds is 2. The van der Waals surface area contributed by atoms with E-state index in [4.69, 9.17) is 11.6 Å². The number of hydrogen-bond donors (Lipinski definition) is 2. The van der Waals surface area contributed by atoms with Crippen molar-refractivity contribution in [1.82, 2.24) is 10.3 Å². The lowest BCUT2D eigenvalue weighted by Gasteiger charge is -2.29. The molecule has 2 N–H and O–H groups in total. The Balaban J connectivity index is 1.72. The molecule has 122 valence electrons. The quantitative estimate of drug-likeness (QED) is 0.753. The summed E-state index contributed by atoms with van der Waals surface area (Å²) in [5, 5.41) is 5.35.